The molecule has 0 saturated carbocycles. The molecule has 1 aromatic carbocycles. The predicted octanol–water partition coefficient (Wildman–Crippen LogP) is 3.12. The number of aliphatic hydroxyl groups excluding tert-OH is 1. The van der Waals surface area contributed by atoms with Crippen molar-refractivity contribution < 1.29 is 14.3 Å². The van der Waals surface area contributed by atoms with E-state index in [4.69, 9.17) is 27.6 Å². The lowest BCUT2D eigenvalue weighted by molar-refractivity contribution is 0.173. The van der Waals surface area contributed by atoms with Crippen LogP contribution in [0.3, 0.4) is 0 Å². The van der Waals surface area contributed by atoms with Gasteiger partial charge in [0.15, 0.2) is 0 Å². The summed E-state index contributed by atoms with van der Waals surface area (Å²) in [4.78, 5) is 11.6. The number of furan rings is 1. The van der Waals surface area contributed by atoms with Crippen LogP contribution in [-0.4, -0.2) is 17.7 Å². The molecule has 21 heavy (non-hydrogen) atoms. The molecule has 1 atom stereocenters. The molecule has 5 nitrogen and oxygen atoms in total. The van der Waals surface area contributed by atoms with Gasteiger partial charge in [-0.25, -0.2) is 4.79 Å². The molecule has 2 aromatic rings. The van der Waals surface area contributed by atoms with Crippen LogP contribution in [0.4, 0.5) is 4.79 Å². The molecule has 0 fully saturated rings. The van der Waals surface area contributed by atoms with E-state index in [0.717, 1.165) is 0 Å². The number of carbonyl (C=O) groups excluding carboxylic acids is 1. The number of aliphatic hydroxyl groups is 1. The van der Waals surface area contributed by atoms with Crippen LogP contribution < -0.4 is 10.6 Å². The van der Waals surface area contributed by atoms with E-state index in [1.54, 1.807) is 30.3 Å². The summed E-state index contributed by atoms with van der Waals surface area (Å²) in [7, 11) is 0. The van der Waals surface area contributed by atoms with Crippen LogP contribution in [0.15, 0.2) is 41.0 Å². The number of nitrogens with one attached hydrogen (secondary N) is 2. The SMILES string of the molecule is O=C(NCc1ccco1)NC[C@@H](O)c1c(Cl)cccc1Cl. The third-order valence-electron chi connectivity index (χ3n) is 2.79. The van der Waals surface area contributed by atoms with E-state index in [1.165, 1.54) is 6.26 Å². The summed E-state index contributed by atoms with van der Waals surface area (Å²) < 4.78 is 5.08. The van der Waals surface area contributed by atoms with Gasteiger partial charge < -0.3 is 20.2 Å². The molecule has 0 aliphatic heterocycles. The van der Waals surface area contributed by atoms with Crippen molar-refractivity contribution in [3.63, 3.8) is 0 Å². The Morgan fingerprint density at radius 2 is 1.90 bits per heavy atom. The smallest absolute Gasteiger partial charge is 0.315 e. The lowest BCUT2D eigenvalue weighted by Crippen LogP contribution is -2.37. The second-order valence-electron chi connectivity index (χ2n) is 4.29. The van der Waals surface area contributed by atoms with E-state index < -0.39 is 12.1 Å². The molecule has 0 unspecified atom stereocenters. The van der Waals surface area contributed by atoms with Gasteiger partial charge in [-0.3, -0.25) is 0 Å². The third kappa shape index (κ3) is 4.39. The molecule has 2 amide bonds. The van der Waals surface area contributed by atoms with Gasteiger partial charge >= 0.3 is 6.03 Å². The number of hydrogen-bond acceptors (Lipinski definition) is 3. The summed E-state index contributed by atoms with van der Waals surface area (Å²) in [5.41, 5.74) is 0.396. The normalized spacial score (nSPS) is 12.0. The topological polar surface area (TPSA) is 74.5 Å². The molecule has 112 valence electrons. The number of rotatable bonds is 5. The van der Waals surface area contributed by atoms with E-state index in [2.05, 4.69) is 10.6 Å². The van der Waals surface area contributed by atoms with Crippen molar-refractivity contribution in [2.75, 3.05) is 6.54 Å². The lowest BCUT2D eigenvalue weighted by Gasteiger charge is -2.15. The van der Waals surface area contributed by atoms with Crippen molar-refractivity contribution >= 4 is 29.2 Å². The Morgan fingerprint density at radius 3 is 2.52 bits per heavy atom. The Labute approximate surface area is 131 Å². The van der Waals surface area contributed by atoms with Gasteiger partial charge in [0.1, 0.15) is 5.76 Å². The fraction of sp³-hybridized carbons (Fsp3) is 0.214. The third-order valence-corrected chi connectivity index (χ3v) is 3.45. The molecule has 0 aliphatic carbocycles. The molecule has 7 heteroatoms. The molecule has 0 radical (unpaired) electrons. The van der Waals surface area contributed by atoms with Gasteiger partial charge in [0.05, 0.1) is 18.9 Å². The molecule has 0 spiro atoms. The van der Waals surface area contributed by atoms with Crippen molar-refractivity contribution in [1.29, 1.82) is 0 Å². The van der Waals surface area contributed by atoms with Crippen molar-refractivity contribution in [1.82, 2.24) is 10.6 Å². The molecule has 0 aliphatic rings. The fourth-order valence-corrected chi connectivity index (χ4v) is 2.41. The molecule has 2 rings (SSSR count). The second-order valence-corrected chi connectivity index (χ2v) is 5.11. The average Bonchev–Trinajstić information content (AvgIpc) is 2.96. The molecule has 0 saturated heterocycles. The Kier molecular flexibility index (Phi) is 5.50. The maximum absolute atomic E-state index is 11.6. The van der Waals surface area contributed by atoms with Crippen molar-refractivity contribution in [2.24, 2.45) is 0 Å². The van der Waals surface area contributed by atoms with Gasteiger partial charge in [-0.2, -0.15) is 0 Å². The first-order valence-corrected chi connectivity index (χ1v) is 6.99. The molecular formula is C14H14Cl2N2O3. The minimum atomic E-state index is -0.986. The van der Waals surface area contributed by atoms with E-state index >= 15 is 0 Å². The van der Waals surface area contributed by atoms with Gasteiger partial charge in [-0.1, -0.05) is 29.3 Å². The first-order valence-electron chi connectivity index (χ1n) is 6.24. The summed E-state index contributed by atoms with van der Waals surface area (Å²) in [6.45, 7) is 0.259. The maximum Gasteiger partial charge on any atom is 0.315 e. The van der Waals surface area contributed by atoms with E-state index in [0.29, 0.717) is 21.4 Å². The Balaban J connectivity index is 1.83. The molecule has 1 aromatic heterocycles. The van der Waals surface area contributed by atoms with E-state index in [1.807, 2.05) is 0 Å². The monoisotopic (exact) mass is 328 g/mol. The van der Waals surface area contributed by atoms with Gasteiger partial charge in [-0.05, 0) is 24.3 Å². The van der Waals surface area contributed by atoms with Crippen molar-refractivity contribution in [3.05, 3.63) is 58.0 Å². The highest BCUT2D eigenvalue weighted by atomic mass is 35.5. The predicted molar refractivity (Wildman–Crippen MR) is 80.4 cm³/mol. The zero-order chi connectivity index (χ0) is 15.2. The van der Waals surface area contributed by atoms with Crippen LogP contribution in [0.1, 0.15) is 17.4 Å². The Hall–Kier alpha value is -1.69. The molecule has 0 bridgehead atoms. The first kappa shape index (κ1) is 15.7. The number of carbonyl (C=O) groups is 1. The minimum absolute atomic E-state index is 0.00651. The highest BCUT2D eigenvalue weighted by Crippen LogP contribution is 2.29. The van der Waals surface area contributed by atoms with Crippen molar-refractivity contribution in [3.8, 4) is 0 Å². The van der Waals surface area contributed by atoms with Crippen LogP contribution >= 0.6 is 23.2 Å². The molecular weight excluding hydrogens is 315 g/mol. The average molecular weight is 329 g/mol. The number of benzene rings is 1. The minimum Gasteiger partial charge on any atom is -0.467 e. The van der Waals surface area contributed by atoms with Crippen LogP contribution in [0.5, 0.6) is 0 Å². The summed E-state index contributed by atoms with van der Waals surface area (Å²) in [5, 5.41) is 15.9. The largest absolute Gasteiger partial charge is 0.467 e. The first-order chi connectivity index (χ1) is 10.1. The molecule has 3 N–H and O–H groups in total. The van der Waals surface area contributed by atoms with Crippen LogP contribution in [0.25, 0.3) is 0 Å². The number of halogens is 2. The number of amides is 2. The maximum atomic E-state index is 11.6. The van der Waals surface area contributed by atoms with Crippen molar-refractivity contribution in [2.45, 2.75) is 12.6 Å². The van der Waals surface area contributed by atoms with Gasteiger partial charge in [0.2, 0.25) is 0 Å². The van der Waals surface area contributed by atoms with Crippen LogP contribution in [0.2, 0.25) is 10.0 Å². The van der Waals surface area contributed by atoms with Crippen LogP contribution in [-0.2, 0) is 6.54 Å². The summed E-state index contributed by atoms with van der Waals surface area (Å²) in [6.07, 6.45) is 0.540. The highest BCUT2D eigenvalue weighted by molar-refractivity contribution is 6.36. The van der Waals surface area contributed by atoms with Crippen LogP contribution in [0, 0.1) is 0 Å². The Morgan fingerprint density at radius 1 is 1.19 bits per heavy atom. The quantitative estimate of drug-likeness (QED) is 0.789. The zero-order valence-corrected chi connectivity index (χ0v) is 12.5. The molecule has 1 heterocycles. The highest BCUT2D eigenvalue weighted by Gasteiger charge is 2.16. The summed E-state index contributed by atoms with van der Waals surface area (Å²) >= 11 is 12.0. The second kappa shape index (κ2) is 7.36. The number of hydrogen-bond donors (Lipinski definition) is 3. The Bertz CT molecular complexity index is 582. The van der Waals surface area contributed by atoms with E-state index in [9.17, 15) is 9.90 Å². The van der Waals surface area contributed by atoms with Gasteiger partial charge in [0.25, 0.3) is 0 Å². The fourth-order valence-electron chi connectivity index (χ4n) is 1.76. The van der Waals surface area contributed by atoms with Gasteiger partial charge in [0, 0.05) is 22.2 Å². The summed E-state index contributed by atoms with van der Waals surface area (Å²) in [6, 6.07) is 8.00. The lowest BCUT2D eigenvalue weighted by atomic mass is 10.1. The number of urea groups is 1. The summed E-state index contributed by atoms with van der Waals surface area (Å²) in [5.74, 6) is 0.639. The standard InChI is InChI=1S/C14H14Cl2N2O3/c15-10-4-1-5-11(16)13(10)12(19)8-18-14(20)17-7-9-3-2-6-21-9/h1-6,12,19H,7-8H2,(H2,17,18,20)/t12-/m1/s1. The van der Waals surface area contributed by atoms with E-state index in [-0.39, 0.29) is 13.1 Å². The zero-order valence-electron chi connectivity index (χ0n) is 11.0. The van der Waals surface area contributed by atoms with Gasteiger partial charge in [-0.15, -0.1) is 0 Å².